The first kappa shape index (κ1) is 13.1. The number of hydrogen-bond acceptors (Lipinski definition) is 2. The number of imidazole rings is 1. The Hall–Kier alpha value is -0.991. The van der Waals surface area contributed by atoms with Crippen LogP contribution >= 0.6 is 0 Å². The van der Waals surface area contributed by atoms with E-state index in [-0.39, 0.29) is 25.5 Å². The largest absolute Gasteiger partial charge is 0.450 e. The van der Waals surface area contributed by atoms with E-state index in [4.69, 9.17) is 0 Å². The molecule has 0 spiro atoms. The van der Waals surface area contributed by atoms with Crippen molar-refractivity contribution in [1.82, 2.24) is 14.5 Å². The molecule has 16 heavy (non-hydrogen) atoms. The molecule has 2 aromatic heterocycles. The summed E-state index contributed by atoms with van der Waals surface area (Å²) in [5.41, 5.74) is -0.00246. The van der Waals surface area contributed by atoms with E-state index in [9.17, 15) is 0 Å². The van der Waals surface area contributed by atoms with Crippen molar-refractivity contribution in [1.29, 1.82) is 0 Å². The van der Waals surface area contributed by atoms with Gasteiger partial charge < -0.3 is 14.5 Å². The summed E-state index contributed by atoms with van der Waals surface area (Å²) in [6, 6.07) is 5.81. The van der Waals surface area contributed by atoms with Crippen LogP contribution in [0.5, 0.6) is 0 Å². The smallest absolute Gasteiger partial charge is 0.0271 e. The van der Waals surface area contributed by atoms with Crippen LogP contribution in [-0.2, 0) is 25.5 Å². The molecule has 4 heteroatoms. The van der Waals surface area contributed by atoms with Gasteiger partial charge in [-0.2, -0.15) is 0 Å². The summed E-state index contributed by atoms with van der Waals surface area (Å²) >= 11 is 0. The zero-order valence-electron chi connectivity index (χ0n) is 9.56. The number of nitrogens with zero attached hydrogens (tertiary/aromatic N) is 3. The van der Waals surface area contributed by atoms with Crippen LogP contribution in [0.3, 0.4) is 0 Å². The zero-order chi connectivity index (χ0) is 10.9. The van der Waals surface area contributed by atoms with Gasteiger partial charge in [-0.1, -0.05) is 39.1 Å². The third-order valence-electron chi connectivity index (χ3n) is 2.13. The maximum absolute atomic E-state index is 4.33. The van der Waals surface area contributed by atoms with Gasteiger partial charge in [0.15, 0.2) is 0 Å². The molecule has 0 N–H and O–H groups in total. The number of pyridine rings is 1. The molecule has 2 heterocycles. The summed E-state index contributed by atoms with van der Waals surface area (Å²) in [5.74, 6) is 1.83. The SMILES string of the molecule is CC(C)(C)c1nc[c-]n1-c1ccccn1.[Ir]. The molecule has 2 aromatic rings. The summed E-state index contributed by atoms with van der Waals surface area (Å²) < 4.78 is 1.90. The fraction of sp³-hybridized carbons (Fsp3) is 0.333. The third-order valence-corrected chi connectivity index (χ3v) is 2.13. The molecular weight excluding hydrogens is 378 g/mol. The summed E-state index contributed by atoms with van der Waals surface area (Å²) in [6.45, 7) is 6.38. The number of rotatable bonds is 1. The summed E-state index contributed by atoms with van der Waals surface area (Å²) in [4.78, 5) is 8.62. The van der Waals surface area contributed by atoms with Crippen molar-refractivity contribution >= 4 is 0 Å². The van der Waals surface area contributed by atoms with Gasteiger partial charge in [0.1, 0.15) is 0 Å². The maximum atomic E-state index is 4.33. The molecule has 3 nitrogen and oxygen atoms in total. The summed E-state index contributed by atoms with van der Waals surface area (Å²) in [6.07, 6.45) is 6.53. The molecule has 87 valence electrons. The molecule has 0 saturated heterocycles. The molecule has 0 atom stereocenters. The number of aromatic nitrogens is 3. The van der Waals surface area contributed by atoms with Crippen LogP contribution in [0.2, 0.25) is 0 Å². The van der Waals surface area contributed by atoms with Gasteiger partial charge in [0.05, 0.1) is 0 Å². The normalized spacial score (nSPS) is 10.9. The van der Waals surface area contributed by atoms with Gasteiger partial charge in [-0.25, -0.2) is 0 Å². The van der Waals surface area contributed by atoms with Gasteiger partial charge in [0, 0.05) is 37.9 Å². The van der Waals surface area contributed by atoms with Gasteiger partial charge in [0.25, 0.3) is 0 Å². The fourth-order valence-electron chi connectivity index (χ4n) is 1.46. The molecule has 0 aromatic carbocycles. The molecule has 0 fully saturated rings. The Morgan fingerprint density at radius 1 is 1.19 bits per heavy atom. The van der Waals surface area contributed by atoms with Crippen LogP contribution in [0.1, 0.15) is 26.6 Å². The van der Waals surface area contributed by atoms with Crippen molar-refractivity contribution in [2.75, 3.05) is 0 Å². The molecule has 0 saturated carbocycles. The average Bonchev–Trinajstić information content (AvgIpc) is 2.67. The molecular formula is C12H14IrN3-. The van der Waals surface area contributed by atoms with Crippen LogP contribution in [-0.4, -0.2) is 14.5 Å². The van der Waals surface area contributed by atoms with E-state index in [2.05, 4.69) is 36.9 Å². The minimum atomic E-state index is -0.00246. The Labute approximate surface area is 109 Å². The standard InChI is InChI=1S/C12H14N3.Ir/c1-12(2,3)11-14-8-9-15(11)10-6-4-5-7-13-10;/h4-8H,1-3H3;/q-1;. The molecule has 0 amide bonds. The Morgan fingerprint density at radius 2 is 1.94 bits per heavy atom. The van der Waals surface area contributed by atoms with E-state index < -0.39 is 0 Å². The monoisotopic (exact) mass is 393 g/mol. The molecule has 0 aliphatic rings. The van der Waals surface area contributed by atoms with E-state index >= 15 is 0 Å². The fourth-order valence-corrected chi connectivity index (χ4v) is 1.46. The second-order valence-corrected chi connectivity index (χ2v) is 4.48. The quantitative estimate of drug-likeness (QED) is 0.698. The van der Waals surface area contributed by atoms with Gasteiger partial charge >= 0.3 is 0 Å². The molecule has 0 unspecified atom stereocenters. The van der Waals surface area contributed by atoms with Gasteiger partial charge in [-0.05, 0) is 17.7 Å². The average molecular weight is 392 g/mol. The van der Waals surface area contributed by atoms with E-state index in [1.54, 1.807) is 12.4 Å². The van der Waals surface area contributed by atoms with Crippen molar-refractivity contribution in [3.8, 4) is 5.82 Å². The van der Waals surface area contributed by atoms with Crippen molar-refractivity contribution in [2.45, 2.75) is 26.2 Å². The molecule has 0 aliphatic heterocycles. The predicted octanol–water partition coefficient (Wildman–Crippen LogP) is 2.36. The van der Waals surface area contributed by atoms with Crippen LogP contribution in [0, 0.1) is 6.20 Å². The first-order chi connectivity index (χ1) is 7.09. The maximum Gasteiger partial charge on any atom is 0.0271 e. The Balaban J connectivity index is 0.00000128. The van der Waals surface area contributed by atoms with Crippen LogP contribution in [0.4, 0.5) is 0 Å². The predicted molar refractivity (Wildman–Crippen MR) is 58.9 cm³/mol. The second-order valence-electron chi connectivity index (χ2n) is 4.48. The second kappa shape index (κ2) is 4.89. The number of hydrogen-bond donors (Lipinski definition) is 0. The van der Waals surface area contributed by atoms with Crippen molar-refractivity contribution in [2.24, 2.45) is 0 Å². The molecule has 0 bridgehead atoms. The first-order valence-electron chi connectivity index (χ1n) is 4.96. The van der Waals surface area contributed by atoms with Gasteiger partial charge in [0.2, 0.25) is 0 Å². The van der Waals surface area contributed by atoms with E-state index in [0.29, 0.717) is 0 Å². The van der Waals surface area contributed by atoms with Crippen molar-refractivity contribution < 1.29 is 20.1 Å². The van der Waals surface area contributed by atoms with Gasteiger partial charge in [-0.15, -0.1) is 0 Å². The van der Waals surface area contributed by atoms with Crippen LogP contribution in [0.15, 0.2) is 30.6 Å². The van der Waals surface area contributed by atoms with E-state index in [0.717, 1.165) is 11.6 Å². The van der Waals surface area contributed by atoms with E-state index in [1.165, 1.54) is 0 Å². The Kier molecular flexibility index (Phi) is 4.00. The third kappa shape index (κ3) is 2.57. The van der Waals surface area contributed by atoms with Gasteiger partial charge in [-0.3, -0.25) is 0 Å². The van der Waals surface area contributed by atoms with Crippen molar-refractivity contribution in [3.05, 3.63) is 42.6 Å². The minimum absolute atomic E-state index is 0. The van der Waals surface area contributed by atoms with Crippen LogP contribution in [0.25, 0.3) is 5.82 Å². The first-order valence-corrected chi connectivity index (χ1v) is 4.96. The Bertz CT molecular complexity index is 443. The minimum Gasteiger partial charge on any atom is -0.450 e. The summed E-state index contributed by atoms with van der Waals surface area (Å²) in [7, 11) is 0. The summed E-state index contributed by atoms with van der Waals surface area (Å²) in [5, 5.41) is 0. The topological polar surface area (TPSA) is 30.7 Å². The zero-order valence-corrected chi connectivity index (χ0v) is 12.0. The molecule has 0 aliphatic carbocycles. The van der Waals surface area contributed by atoms with E-state index in [1.807, 2.05) is 22.8 Å². The Morgan fingerprint density at radius 3 is 2.50 bits per heavy atom. The molecule has 1 radical (unpaired) electrons. The molecule has 2 rings (SSSR count). The van der Waals surface area contributed by atoms with Crippen LogP contribution < -0.4 is 0 Å². The van der Waals surface area contributed by atoms with Crippen molar-refractivity contribution in [3.63, 3.8) is 0 Å².